The van der Waals surface area contributed by atoms with Gasteiger partial charge < -0.3 is 9.84 Å². The molecule has 2 heteroatoms. The number of rotatable bonds is 2. The summed E-state index contributed by atoms with van der Waals surface area (Å²) < 4.78 is 6.35. The van der Waals surface area contributed by atoms with E-state index in [1.807, 2.05) is 12.1 Å². The maximum atomic E-state index is 9.33. The van der Waals surface area contributed by atoms with Gasteiger partial charge in [0.25, 0.3) is 0 Å². The third-order valence-corrected chi connectivity index (χ3v) is 5.18. The molecule has 3 atom stereocenters. The molecule has 0 bridgehead atoms. The lowest BCUT2D eigenvalue weighted by Gasteiger charge is -2.29. The van der Waals surface area contributed by atoms with Gasteiger partial charge >= 0.3 is 0 Å². The Labute approximate surface area is 109 Å². The second-order valence-electron chi connectivity index (χ2n) is 6.65. The number of phenols is 1. The van der Waals surface area contributed by atoms with Gasteiger partial charge in [-0.3, -0.25) is 0 Å². The molecule has 2 fully saturated rings. The van der Waals surface area contributed by atoms with Crippen molar-refractivity contribution in [3.05, 3.63) is 24.3 Å². The average molecular weight is 246 g/mol. The predicted octanol–water partition coefficient (Wildman–Crippen LogP) is 3.99. The van der Waals surface area contributed by atoms with Crippen LogP contribution in [0.5, 0.6) is 11.5 Å². The first-order chi connectivity index (χ1) is 8.46. The van der Waals surface area contributed by atoms with E-state index in [2.05, 4.69) is 20.8 Å². The van der Waals surface area contributed by atoms with Crippen LogP contribution in [0.2, 0.25) is 0 Å². The summed E-state index contributed by atoms with van der Waals surface area (Å²) in [5.74, 6) is 2.62. The van der Waals surface area contributed by atoms with Crippen molar-refractivity contribution in [2.75, 3.05) is 0 Å². The van der Waals surface area contributed by atoms with Crippen LogP contribution in [0.15, 0.2) is 24.3 Å². The predicted molar refractivity (Wildman–Crippen MR) is 71.8 cm³/mol. The lowest BCUT2D eigenvalue weighted by molar-refractivity contribution is 0.0847. The fourth-order valence-electron chi connectivity index (χ4n) is 3.96. The minimum Gasteiger partial charge on any atom is -0.508 e. The summed E-state index contributed by atoms with van der Waals surface area (Å²) in [6.07, 6.45) is 3.77. The van der Waals surface area contributed by atoms with Gasteiger partial charge in [-0.1, -0.05) is 27.2 Å². The molecule has 2 aliphatic rings. The van der Waals surface area contributed by atoms with E-state index in [4.69, 9.17) is 4.74 Å². The molecule has 0 aromatic heterocycles. The van der Waals surface area contributed by atoms with Crippen molar-refractivity contribution in [2.45, 2.75) is 45.6 Å². The van der Waals surface area contributed by atoms with Gasteiger partial charge in [-0.2, -0.15) is 0 Å². The van der Waals surface area contributed by atoms with Gasteiger partial charge in [0.1, 0.15) is 17.1 Å². The van der Waals surface area contributed by atoms with Crippen LogP contribution < -0.4 is 4.74 Å². The monoisotopic (exact) mass is 246 g/mol. The molecular formula is C16H22O2. The maximum absolute atomic E-state index is 9.33. The van der Waals surface area contributed by atoms with Gasteiger partial charge in [-0.25, -0.2) is 0 Å². The number of hydrogen-bond donors (Lipinski definition) is 1. The fraction of sp³-hybridized carbons (Fsp3) is 0.625. The lowest BCUT2D eigenvalue weighted by Crippen LogP contribution is -2.30. The summed E-state index contributed by atoms with van der Waals surface area (Å²) in [5.41, 5.74) is 0.317. The van der Waals surface area contributed by atoms with Crippen molar-refractivity contribution in [3.63, 3.8) is 0 Å². The van der Waals surface area contributed by atoms with Gasteiger partial charge in [0.15, 0.2) is 0 Å². The van der Waals surface area contributed by atoms with Crippen molar-refractivity contribution in [1.82, 2.24) is 0 Å². The maximum Gasteiger partial charge on any atom is 0.120 e. The van der Waals surface area contributed by atoms with Gasteiger partial charge in [-0.15, -0.1) is 0 Å². The molecule has 1 aromatic carbocycles. The molecule has 98 valence electrons. The molecule has 1 aromatic rings. The van der Waals surface area contributed by atoms with Crippen molar-refractivity contribution >= 4 is 0 Å². The molecule has 18 heavy (non-hydrogen) atoms. The Morgan fingerprint density at radius 1 is 1.17 bits per heavy atom. The molecule has 0 radical (unpaired) electrons. The zero-order valence-electron chi connectivity index (χ0n) is 11.4. The number of hydrogen-bond acceptors (Lipinski definition) is 2. The van der Waals surface area contributed by atoms with Gasteiger partial charge in [0, 0.05) is 11.3 Å². The van der Waals surface area contributed by atoms with Crippen molar-refractivity contribution < 1.29 is 9.84 Å². The van der Waals surface area contributed by atoms with E-state index in [-0.39, 0.29) is 11.0 Å². The molecule has 0 saturated heterocycles. The van der Waals surface area contributed by atoms with Crippen LogP contribution in [0.1, 0.15) is 40.0 Å². The number of fused-ring (bicyclic) bond motifs is 1. The first-order valence-electron chi connectivity index (χ1n) is 6.94. The number of benzene rings is 1. The Morgan fingerprint density at radius 3 is 2.50 bits per heavy atom. The summed E-state index contributed by atoms with van der Waals surface area (Å²) in [6.45, 7) is 6.98. The Balaban J connectivity index is 1.84. The molecule has 2 aliphatic carbocycles. The normalized spacial score (nSPS) is 36.8. The highest BCUT2D eigenvalue weighted by molar-refractivity contribution is 5.33. The van der Waals surface area contributed by atoms with Crippen molar-refractivity contribution in [2.24, 2.45) is 17.3 Å². The second-order valence-corrected chi connectivity index (χ2v) is 6.65. The van der Waals surface area contributed by atoms with Crippen LogP contribution in [0.4, 0.5) is 0 Å². The van der Waals surface area contributed by atoms with Crippen molar-refractivity contribution in [1.29, 1.82) is 0 Å². The zero-order chi connectivity index (χ0) is 13.0. The smallest absolute Gasteiger partial charge is 0.120 e. The fourth-order valence-corrected chi connectivity index (χ4v) is 3.96. The Hall–Kier alpha value is -1.18. The molecule has 0 aliphatic heterocycles. The number of aromatic hydroxyl groups is 1. The molecule has 2 saturated carbocycles. The van der Waals surface area contributed by atoms with E-state index in [1.165, 1.54) is 12.8 Å². The van der Waals surface area contributed by atoms with Crippen LogP contribution in [0, 0.1) is 17.3 Å². The van der Waals surface area contributed by atoms with E-state index >= 15 is 0 Å². The Kier molecular flexibility index (Phi) is 2.42. The van der Waals surface area contributed by atoms with E-state index in [1.54, 1.807) is 12.1 Å². The minimum atomic E-state index is 0.0294. The highest BCUT2D eigenvalue weighted by Crippen LogP contribution is 2.70. The van der Waals surface area contributed by atoms with Crippen molar-refractivity contribution in [3.8, 4) is 11.5 Å². The highest BCUT2D eigenvalue weighted by Gasteiger charge is 2.74. The summed E-state index contributed by atoms with van der Waals surface area (Å²) >= 11 is 0. The van der Waals surface area contributed by atoms with Crippen LogP contribution >= 0.6 is 0 Å². The van der Waals surface area contributed by atoms with E-state index in [9.17, 15) is 5.11 Å². The van der Waals surface area contributed by atoms with Crippen LogP contribution in [-0.2, 0) is 0 Å². The summed E-state index contributed by atoms with van der Waals surface area (Å²) in [4.78, 5) is 0. The molecule has 3 unspecified atom stereocenters. The molecule has 0 heterocycles. The van der Waals surface area contributed by atoms with Crippen LogP contribution in [-0.4, -0.2) is 10.7 Å². The SMILES string of the molecule is CC1CCC2C(C)(C)C2(Oc2ccc(O)cc2)C1. The topological polar surface area (TPSA) is 29.5 Å². The Morgan fingerprint density at radius 2 is 1.83 bits per heavy atom. The standard InChI is InChI=1S/C16H22O2/c1-11-4-9-14-15(2,3)16(14,10-11)18-13-7-5-12(17)6-8-13/h5-8,11,14,17H,4,9-10H2,1-3H3. The molecular weight excluding hydrogens is 224 g/mol. The molecule has 3 rings (SSSR count). The Bertz CT molecular complexity index is 449. The van der Waals surface area contributed by atoms with Gasteiger partial charge in [0.2, 0.25) is 0 Å². The van der Waals surface area contributed by atoms with Gasteiger partial charge in [0.05, 0.1) is 0 Å². The third kappa shape index (κ3) is 1.54. The largest absolute Gasteiger partial charge is 0.508 e. The van der Waals surface area contributed by atoms with Crippen LogP contribution in [0.3, 0.4) is 0 Å². The first-order valence-corrected chi connectivity index (χ1v) is 6.94. The highest BCUT2D eigenvalue weighted by atomic mass is 16.5. The quantitative estimate of drug-likeness (QED) is 0.855. The van der Waals surface area contributed by atoms with Gasteiger partial charge in [-0.05, 0) is 43.0 Å². The molecule has 0 amide bonds. The molecule has 2 nitrogen and oxygen atoms in total. The second kappa shape index (κ2) is 3.66. The van der Waals surface area contributed by atoms with E-state index in [0.717, 1.165) is 18.1 Å². The number of phenolic OH excluding ortho intramolecular Hbond substituents is 1. The van der Waals surface area contributed by atoms with Crippen LogP contribution in [0.25, 0.3) is 0 Å². The lowest BCUT2D eigenvalue weighted by atomic mass is 9.88. The summed E-state index contributed by atoms with van der Waals surface area (Å²) in [5, 5.41) is 9.33. The third-order valence-electron chi connectivity index (χ3n) is 5.18. The van der Waals surface area contributed by atoms with E-state index in [0.29, 0.717) is 11.7 Å². The summed E-state index contributed by atoms with van der Waals surface area (Å²) in [7, 11) is 0. The summed E-state index contributed by atoms with van der Waals surface area (Å²) in [6, 6.07) is 7.13. The molecule has 0 spiro atoms. The average Bonchev–Trinajstić information content (AvgIpc) is 2.77. The molecule has 1 N–H and O–H groups in total. The number of ether oxygens (including phenoxy) is 1. The zero-order valence-corrected chi connectivity index (χ0v) is 11.4. The first kappa shape index (κ1) is 11.9. The van der Waals surface area contributed by atoms with E-state index < -0.39 is 0 Å². The minimum absolute atomic E-state index is 0.0294.